The molecule has 16 heavy (non-hydrogen) atoms. The quantitative estimate of drug-likeness (QED) is 0.798. The summed E-state index contributed by atoms with van der Waals surface area (Å²) in [5.74, 6) is -0.874. The molecule has 4 heteroatoms. The summed E-state index contributed by atoms with van der Waals surface area (Å²) in [4.78, 5) is 22.2. The van der Waals surface area contributed by atoms with Crippen molar-refractivity contribution in [1.29, 1.82) is 0 Å². The first-order chi connectivity index (χ1) is 7.40. The number of carbonyl (C=O) groups excluding carboxylic acids is 1. The van der Waals surface area contributed by atoms with Crippen LogP contribution in [0.2, 0.25) is 0 Å². The van der Waals surface area contributed by atoms with Gasteiger partial charge in [0.25, 0.3) is 0 Å². The summed E-state index contributed by atoms with van der Waals surface area (Å²) in [6, 6.07) is 0. The lowest BCUT2D eigenvalue weighted by molar-refractivity contribution is 0.0694. The number of aromatic carboxylic acids is 1. The highest BCUT2D eigenvalue weighted by Gasteiger charge is 2.24. The molecule has 0 saturated heterocycles. The highest BCUT2D eigenvalue weighted by atomic mass is 16.4. The normalized spacial score (nSPS) is 11.1. The molecule has 1 heterocycles. The Morgan fingerprint density at radius 2 is 1.88 bits per heavy atom. The van der Waals surface area contributed by atoms with E-state index in [0.29, 0.717) is 17.7 Å². The molecular weight excluding hydrogens is 206 g/mol. The summed E-state index contributed by atoms with van der Waals surface area (Å²) in [7, 11) is 0. The van der Waals surface area contributed by atoms with Gasteiger partial charge in [0.2, 0.25) is 6.41 Å². The van der Waals surface area contributed by atoms with E-state index >= 15 is 0 Å². The van der Waals surface area contributed by atoms with Gasteiger partial charge in [0.1, 0.15) is 0 Å². The molecule has 88 valence electrons. The number of carbonyl (C=O) groups is 2. The number of rotatable bonds is 4. The van der Waals surface area contributed by atoms with Gasteiger partial charge in [-0.05, 0) is 17.4 Å². The molecule has 0 saturated carbocycles. The van der Waals surface area contributed by atoms with E-state index in [1.165, 1.54) is 4.57 Å². The molecule has 4 nitrogen and oxygen atoms in total. The fourth-order valence-electron chi connectivity index (χ4n) is 1.91. The van der Waals surface area contributed by atoms with Crippen LogP contribution in [0, 0.1) is 0 Å². The summed E-state index contributed by atoms with van der Waals surface area (Å²) >= 11 is 0. The number of carboxylic acid groups (broad SMARTS) is 1. The van der Waals surface area contributed by atoms with Crippen LogP contribution < -0.4 is 0 Å². The molecule has 0 bridgehead atoms. The first kappa shape index (κ1) is 12.5. The Balaban J connectivity index is 3.54. The molecule has 0 radical (unpaired) electrons. The number of aromatic nitrogens is 1. The van der Waals surface area contributed by atoms with Crippen molar-refractivity contribution in [2.24, 2.45) is 0 Å². The van der Waals surface area contributed by atoms with Crippen LogP contribution in [-0.2, 0) is 4.79 Å². The number of nitrogens with zero attached hydrogens (tertiary/aromatic N) is 1. The molecule has 0 unspecified atom stereocenters. The van der Waals surface area contributed by atoms with E-state index in [1.54, 1.807) is 6.20 Å². The van der Waals surface area contributed by atoms with Crippen LogP contribution in [0.1, 0.15) is 61.1 Å². The summed E-state index contributed by atoms with van der Waals surface area (Å²) in [5, 5.41) is 9.22. The van der Waals surface area contributed by atoms with Crippen LogP contribution in [0.15, 0.2) is 6.20 Å². The van der Waals surface area contributed by atoms with Crippen molar-refractivity contribution in [2.45, 2.75) is 39.5 Å². The van der Waals surface area contributed by atoms with E-state index in [1.807, 2.05) is 27.7 Å². The second-order valence-electron chi connectivity index (χ2n) is 4.47. The molecule has 1 aromatic rings. The van der Waals surface area contributed by atoms with Crippen molar-refractivity contribution in [3.8, 4) is 0 Å². The molecule has 1 aromatic heterocycles. The van der Waals surface area contributed by atoms with Gasteiger partial charge in [-0.2, -0.15) is 0 Å². The van der Waals surface area contributed by atoms with Gasteiger partial charge < -0.3 is 5.11 Å². The van der Waals surface area contributed by atoms with Crippen LogP contribution in [0.25, 0.3) is 0 Å². The van der Waals surface area contributed by atoms with E-state index in [2.05, 4.69) is 0 Å². The van der Waals surface area contributed by atoms with E-state index in [-0.39, 0.29) is 17.4 Å². The van der Waals surface area contributed by atoms with Crippen molar-refractivity contribution in [2.75, 3.05) is 0 Å². The Labute approximate surface area is 94.9 Å². The minimum atomic E-state index is -0.965. The number of hydrogen-bond donors (Lipinski definition) is 1. The highest BCUT2D eigenvalue weighted by Crippen LogP contribution is 2.29. The minimum absolute atomic E-state index is 0.00352. The Morgan fingerprint density at radius 1 is 1.31 bits per heavy atom. The van der Waals surface area contributed by atoms with E-state index in [4.69, 9.17) is 0 Å². The van der Waals surface area contributed by atoms with Crippen LogP contribution in [0.5, 0.6) is 0 Å². The topological polar surface area (TPSA) is 59.3 Å². The van der Waals surface area contributed by atoms with Gasteiger partial charge in [0.05, 0.1) is 5.56 Å². The molecule has 0 fully saturated rings. The fourth-order valence-corrected chi connectivity index (χ4v) is 1.91. The summed E-state index contributed by atoms with van der Waals surface area (Å²) < 4.78 is 1.38. The molecule has 0 atom stereocenters. The standard InChI is InChI=1S/C12H17NO3/c1-7(2)9-5-13(6-14)11(8(3)4)10(9)12(15)16/h5-8H,1-4H3,(H,15,16). The van der Waals surface area contributed by atoms with Gasteiger partial charge in [0.15, 0.2) is 0 Å². The van der Waals surface area contributed by atoms with Crippen molar-refractivity contribution in [3.63, 3.8) is 0 Å². The maximum atomic E-state index is 11.3. The molecule has 0 aliphatic rings. The second kappa shape index (κ2) is 4.51. The predicted octanol–water partition coefficient (Wildman–Crippen LogP) is 2.47. The zero-order valence-electron chi connectivity index (χ0n) is 10.0. The first-order valence-corrected chi connectivity index (χ1v) is 5.33. The number of carboxylic acids is 1. The Kier molecular flexibility index (Phi) is 3.52. The lowest BCUT2D eigenvalue weighted by atomic mass is 9.97. The van der Waals surface area contributed by atoms with Gasteiger partial charge in [-0.15, -0.1) is 0 Å². The third kappa shape index (κ3) is 2.01. The van der Waals surface area contributed by atoms with Crippen LogP contribution >= 0.6 is 0 Å². The van der Waals surface area contributed by atoms with E-state index in [9.17, 15) is 14.7 Å². The molecule has 1 N–H and O–H groups in total. The van der Waals surface area contributed by atoms with E-state index in [0.717, 1.165) is 0 Å². The minimum Gasteiger partial charge on any atom is -0.478 e. The lowest BCUT2D eigenvalue weighted by Gasteiger charge is -2.09. The molecule has 1 rings (SSSR count). The zero-order chi connectivity index (χ0) is 12.5. The largest absolute Gasteiger partial charge is 0.478 e. The molecule has 0 amide bonds. The summed E-state index contributed by atoms with van der Waals surface area (Å²) in [6.45, 7) is 7.60. The monoisotopic (exact) mass is 223 g/mol. The second-order valence-corrected chi connectivity index (χ2v) is 4.47. The van der Waals surface area contributed by atoms with Gasteiger partial charge in [-0.25, -0.2) is 4.79 Å². The van der Waals surface area contributed by atoms with Gasteiger partial charge in [-0.1, -0.05) is 27.7 Å². The first-order valence-electron chi connectivity index (χ1n) is 5.33. The zero-order valence-corrected chi connectivity index (χ0v) is 10.0. The van der Waals surface area contributed by atoms with Crippen molar-refractivity contribution >= 4 is 12.4 Å². The number of hydrogen-bond acceptors (Lipinski definition) is 2. The molecule has 0 spiro atoms. The summed E-state index contributed by atoms with van der Waals surface area (Å²) in [6.07, 6.45) is 2.28. The SMILES string of the molecule is CC(C)c1cn(C=O)c(C(C)C)c1C(=O)O. The van der Waals surface area contributed by atoms with Crippen LogP contribution in [0.4, 0.5) is 0 Å². The molecule has 0 aliphatic carbocycles. The van der Waals surface area contributed by atoms with Gasteiger partial charge in [0, 0.05) is 11.9 Å². The van der Waals surface area contributed by atoms with Crippen molar-refractivity contribution < 1.29 is 14.7 Å². The van der Waals surface area contributed by atoms with Gasteiger partial charge >= 0.3 is 5.97 Å². The Morgan fingerprint density at radius 3 is 2.19 bits per heavy atom. The third-order valence-electron chi connectivity index (χ3n) is 2.60. The lowest BCUT2D eigenvalue weighted by Crippen LogP contribution is -2.08. The average molecular weight is 223 g/mol. The van der Waals surface area contributed by atoms with Crippen LogP contribution in [-0.4, -0.2) is 22.1 Å². The van der Waals surface area contributed by atoms with Crippen molar-refractivity contribution in [1.82, 2.24) is 4.57 Å². The Bertz CT molecular complexity index is 416. The molecular formula is C12H17NO3. The van der Waals surface area contributed by atoms with E-state index < -0.39 is 5.97 Å². The molecule has 0 aromatic carbocycles. The highest BCUT2D eigenvalue weighted by molar-refractivity contribution is 5.92. The summed E-state index contributed by atoms with van der Waals surface area (Å²) in [5.41, 5.74) is 1.56. The van der Waals surface area contributed by atoms with Gasteiger partial charge in [-0.3, -0.25) is 9.36 Å². The third-order valence-corrected chi connectivity index (χ3v) is 2.60. The smallest absolute Gasteiger partial charge is 0.337 e. The average Bonchev–Trinajstić information content (AvgIpc) is 2.56. The Hall–Kier alpha value is -1.58. The maximum absolute atomic E-state index is 11.3. The van der Waals surface area contributed by atoms with Crippen LogP contribution in [0.3, 0.4) is 0 Å². The predicted molar refractivity (Wildman–Crippen MR) is 61.7 cm³/mol. The molecule has 0 aliphatic heterocycles. The van der Waals surface area contributed by atoms with Crippen molar-refractivity contribution in [3.05, 3.63) is 23.0 Å². The fraction of sp³-hybridized carbons (Fsp3) is 0.500. The maximum Gasteiger partial charge on any atom is 0.337 e.